The molecule has 3 rings (SSSR count). The lowest BCUT2D eigenvalue weighted by Gasteiger charge is -2.15. The number of pyridine rings is 1. The van der Waals surface area contributed by atoms with Gasteiger partial charge < -0.3 is 0 Å². The van der Waals surface area contributed by atoms with Crippen molar-refractivity contribution < 1.29 is 0 Å². The molecule has 0 fully saturated rings. The van der Waals surface area contributed by atoms with Crippen molar-refractivity contribution in [2.24, 2.45) is 0 Å². The molecule has 4 heteroatoms. The van der Waals surface area contributed by atoms with E-state index in [-0.39, 0.29) is 0 Å². The van der Waals surface area contributed by atoms with Gasteiger partial charge in [0.2, 0.25) is 0 Å². The van der Waals surface area contributed by atoms with E-state index in [1.807, 2.05) is 18.2 Å². The number of halogens is 1. The van der Waals surface area contributed by atoms with Crippen molar-refractivity contribution in [3.63, 3.8) is 0 Å². The number of fused-ring (bicyclic) bond motifs is 1. The number of hydrogen-bond acceptors (Lipinski definition) is 2. The predicted molar refractivity (Wildman–Crippen MR) is 82.5 cm³/mol. The first-order valence-electron chi connectivity index (χ1n) is 6.70. The van der Waals surface area contributed by atoms with E-state index in [1.165, 1.54) is 5.56 Å². The molecule has 0 atom stereocenters. The van der Waals surface area contributed by atoms with Gasteiger partial charge in [-0.1, -0.05) is 32.0 Å². The molecule has 0 radical (unpaired) electrons. The van der Waals surface area contributed by atoms with E-state index in [0.29, 0.717) is 11.8 Å². The average Bonchev–Trinajstić information content (AvgIpc) is 2.85. The zero-order chi connectivity index (χ0) is 14.1. The molecule has 0 bridgehead atoms. The van der Waals surface area contributed by atoms with Crippen LogP contribution in [-0.4, -0.2) is 14.5 Å². The highest BCUT2D eigenvalue weighted by atomic mass is 35.5. The van der Waals surface area contributed by atoms with Crippen LogP contribution in [0.3, 0.4) is 0 Å². The van der Waals surface area contributed by atoms with E-state index in [9.17, 15) is 0 Å². The molecular weight excluding hydrogens is 270 g/mol. The minimum absolute atomic E-state index is 0.364. The fourth-order valence-electron chi connectivity index (χ4n) is 2.48. The predicted octanol–water partition coefficient (Wildman–Crippen LogP) is 4.28. The summed E-state index contributed by atoms with van der Waals surface area (Å²) in [5.74, 6) is 1.62. The molecule has 20 heavy (non-hydrogen) atoms. The van der Waals surface area contributed by atoms with Crippen molar-refractivity contribution >= 4 is 22.8 Å². The van der Waals surface area contributed by atoms with Crippen LogP contribution < -0.4 is 0 Å². The molecule has 2 aromatic heterocycles. The highest BCUT2D eigenvalue weighted by molar-refractivity contribution is 6.16. The number of rotatable bonds is 3. The summed E-state index contributed by atoms with van der Waals surface area (Å²) < 4.78 is 2.07. The number of alkyl halides is 1. The lowest BCUT2D eigenvalue weighted by Crippen LogP contribution is -2.05. The van der Waals surface area contributed by atoms with Crippen LogP contribution >= 0.6 is 11.6 Å². The van der Waals surface area contributed by atoms with Crippen LogP contribution in [0.5, 0.6) is 0 Å². The lowest BCUT2D eigenvalue weighted by molar-refractivity contribution is 0.839. The van der Waals surface area contributed by atoms with Crippen LogP contribution in [0.25, 0.3) is 16.9 Å². The molecule has 2 heterocycles. The zero-order valence-electron chi connectivity index (χ0n) is 11.5. The highest BCUT2D eigenvalue weighted by Crippen LogP contribution is 2.27. The summed E-state index contributed by atoms with van der Waals surface area (Å²) in [7, 11) is 0. The second kappa shape index (κ2) is 5.25. The van der Waals surface area contributed by atoms with Gasteiger partial charge in [0, 0.05) is 6.20 Å². The van der Waals surface area contributed by atoms with Crippen molar-refractivity contribution in [2.45, 2.75) is 25.6 Å². The summed E-state index contributed by atoms with van der Waals surface area (Å²) in [5.41, 5.74) is 4.11. The van der Waals surface area contributed by atoms with Gasteiger partial charge >= 0.3 is 0 Å². The van der Waals surface area contributed by atoms with Gasteiger partial charge in [0.05, 0.1) is 11.6 Å². The largest absolute Gasteiger partial charge is 0.279 e. The summed E-state index contributed by atoms with van der Waals surface area (Å²) in [6, 6.07) is 12.2. The second-order valence-corrected chi connectivity index (χ2v) is 5.32. The molecule has 0 aliphatic heterocycles. The van der Waals surface area contributed by atoms with Crippen molar-refractivity contribution in [3.05, 3.63) is 54.0 Å². The fraction of sp³-hybridized carbons (Fsp3) is 0.250. The third-order valence-electron chi connectivity index (χ3n) is 3.40. The van der Waals surface area contributed by atoms with Crippen LogP contribution in [0.15, 0.2) is 42.6 Å². The Balaban J connectivity index is 2.34. The van der Waals surface area contributed by atoms with Crippen LogP contribution in [-0.2, 0) is 5.88 Å². The molecule has 0 unspecified atom stereocenters. The van der Waals surface area contributed by atoms with Gasteiger partial charge in [0.25, 0.3) is 0 Å². The quantitative estimate of drug-likeness (QED) is 0.672. The maximum Gasteiger partial charge on any atom is 0.164 e. The number of nitrogens with zero attached hydrogens (tertiary/aromatic N) is 3. The summed E-state index contributed by atoms with van der Waals surface area (Å²) in [6.45, 7) is 4.37. The number of benzene rings is 1. The van der Waals surface area contributed by atoms with Crippen molar-refractivity contribution in [2.75, 3.05) is 0 Å². The Morgan fingerprint density at radius 3 is 2.70 bits per heavy atom. The molecule has 0 amide bonds. The molecular formula is C16H16ClN3. The number of hydrogen-bond donors (Lipinski definition) is 0. The standard InChI is InChI=1S/C16H16ClN3/c1-11(2)12-6-3-4-8-14(12)20-15(10-17)19-13-7-5-9-18-16(13)20/h3-9,11H,10H2,1-2H3. The SMILES string of the molecule is CC(C)c1ccccc1-n1c(CCl)nc2cccnc21. The van der Waals surface area contributed by atoms with Crippen LogP contribution in [0.1, 0.15) is 31.2 Å². The normalized spacial score (nSPS) is 11.4. The fourth-order valence-corrected chi connectivity index (χ4v) is 2.66. The molecule has 1 aromatic carbocycles. The van der Waals surface area contributed by atoms with E-state index >= 15 is 0 Å². The first kappa shape index (κ1) is 13.1. The maximum atomic E-state index is 6.07. The number of aromatic nitrogens is 3. The van der Waals surface area contributed by atoms with Gasteiger partial charge in [-0.15, -0.1) is 11.6 Å². The van der Waals surface area contributed by atoms with Crippen molar-refractivity contribution in [1.29, 1.82) is 0 Å². The Hall–Kier alpha value is -1.87. The zero-order valence-corrected chi connectivity index (χ0v) is 12.3. The Morgan fingerprint density at radius 2 is 1.95 bits per heavy atom. The summed E-state index contributed by atoms with van der Waals surface area (Å²) in [4.78, 5) is 9.04. The smallest absolute Gasteiger partial charge is 0.164 e. The van der Waals surface area contributed by atoms with E-state index < -0.39 is 0 Å². The second-order valence-electron chi connectivity index (χ2n) is 5.06. The minimum atomic E-state index is 0.364. The third-order valence-corrected chi connectivity index (χ3v) is 3.64. The highest BCUT2D eigenvalue weighted by Gasteiger charge is 2.16. The number of imidazole rings is 1. The summed E-state index contributed by atoms with van der Waals surface area (Å²) in [6.07, 6.45) is 1.79. The first-order chi connectivity index (χ1) is 9.72. The molecule has 0 aliphatic carbocycles. The molecule has 0 saturated heterocycles. The third kappa shape index (κ3) is 2.08. The van der Waals surface area contributed by atoms with E-state index in [1.54, 1.807) is 6.20 Å². The Bertz CT molecular complexity index is 746. The van der Waals surface area contributed by atoms with Gasteiger partial charge in [-0.3, -0.25) is 4.57 Å². The maximum absolute atomic E-state index is 6.07. The molecule has 0 spiro atoms. The van der Waals surface area contributed by atoms with Gasteiger partial charge in [0.15, 0.2) is 5.65 Å². The monoisotopic (exact) mass is 285 g/mol. The van der Waals surface area contributed by atoms with Gasteiger partial charge in [-0.25, -0.2) is 9.97 Å². The molecule has 3 nitrogen and oxygen atoms in total. The molecule has 0 saturated carbocycles. The lowest BCUT2D eigenvalue weighted by atomic mass is 10.0. The summed E-state index contributed by atoms with van der Waals surface area (Å²) >= 11 is 6.07. The minimum Gasteiger partial charge on any atom is -0.279 e. The van der Waals surface area contributed by atoms with E-state index in [0.717, 1.165) is 22.7 Å². The number of para-hydroxylation sites is 1. The molecule has 0 N–H and O–H groups in total. The van der Waals surface area contributed by atoms with Gasteiger partial charge in [-0.2, -0.15) is 0 Å². The molecule has 102 valence electrons. The van der Waals surface area contributed by atoms with Crippen LogP contribution in [0.4, 0.5) is 0 Å². The molecule has 0 aliphatic rings. The van der Waals surface area contributed by atoms with Crippen molar-refractivity contribution in [1.82, 2.24) is 14.5 Å². The first-order valence-corrected chi connectivity index (χ1v) is 7.23. The topological polar surface area (TPSA) is 30.7 Å². The Labute approximate surface area is 123 Å². The van der Waals surface area contributed by atoms with Crippen LogP contribution in [0, 0.1) is 0 Å². The van der Waals surface area contributed by atoms with E-state index in [4.69, 9.17) is 11.6 Å². The van der Waals surface area contributed by atoms with Gasteiger partial charge in [-0.05, 0) is 29.7 Å². The average molecular weight is 286 g/mol. The van der Waals surface area contributed by atoms with Gasteiger partial charge in [0.1, 0.15) is 11.3 Å². The Morgan fingerprint density at radius 1 is 1.15 bits per heavy atom. The van der Waals surface area contributed by atoms with Crippen LogP contribution in [0.2, 0.25) is 0 Å². The Kier molecular flexibility index (Phi) is 3.45. The van der Waals surface area contributed by atoms with Crippen molar-refractivity contribution in [3.8, 4) is 5.69 Å². The summed E-state index contributed by atoms with van der Waals surface area (Å²) in [5, 5.41) is 0. The van der Waals surface area contributed by atoms with E-state index in [2.05, 4.69) is 46.6 Å². The molecule has 3 aromatic rings.